The summed E-state index contributed by atoms with van der Waals surface area (Å²) in [5.41, 5.74) is 0.274. The number of hydrogen-bond donors (Lipinski definition) is 0. The zero-order valence-corrected chi connectivity index (χ0v) is 5.39. The van der Waals surface area contributed by atoms with Crippen LogP contribution in [0.25, 0.3) is 0 Å². The van der Waals surface area contributed by atoms with Crippen LogP contribution in [-0.2, 0) is 0 Å². The molecule has 1 radical (unpaired) electrons. The van der Waals surface area contributed by atoms with E-state index in [9.17, 15) is 9.18 Å². The fraction of sp³-hybridized carbons (Fsp3) is 0.143. The lowest BCUT2D eigenvalue weighted by atomic mass is 10.2. The Morgan fingerprint density at radius 3 is 2.90 bits per heavy atom. The molecular weight excluding hydrogens is 133 g/mol. The van der Waals surface area contributed by atoms with E-state index in [-0.39, 0.29) is 11.3 Å². The minimum absolute atomic E-state index is 0.194. The summed E-state index contributed by atoms with van der Waals surface area (Å²) in [5.74, 6) is -0.798. The van der Waals surface area contributed by atoms with Crippen molar-refractivity contribution in [2.24, 2.45) is 0 Å². The van der Waals surface area contributed by atoms with Crippen LogP contribution in [0.4, 0.5) is 4.39 Å². The molecule has 0 saturated carbocycles. The number of carbonyl (C=O) groups excluding carboxylic acids is 1. The molecule has 0 fully saturated rings. The molecule has 0 unspecified atom stereocenters. The Labute approximate surface area is 57.7 Å². The standard InChI is InChI=1S/C7H5FNO/c1-5(10)6-2-7(8)4-9-3-6/h2-3H,1H3. The molecule has 0 N–H and O–H groups in total. The topological polar surface area (TPSA) is 30.0 Å². The first kappa shape index (κ1) is 6.86. The van der Waals surface area contributed by atoms with Crippen LogP contribution in [0.3, 0.4) is 0 Å². The molecule has 0 aliphatic carbocycles. The maximum atomic E-state index is 12.3. The summed E-state index contributed by atoms with van der Waals surface area (Å²) in [6, 6.07) is 1.11. The van der Waals surface area contributed by atoms with Crippen molar-refractivity contribution in [2.45, 2.75) is 6.92 Å². The van der Waals surface area contributed by atoms with Crippen LogP contribution in [0.1, 0.15) is 17.3 Å². The van der Waals surface area contributed by atoms with Crippen molar-refractivity contribution in [2.75, 3.05) is 0 Å². The highest BCUT2D eigenvalue weighted by molar-refractivity contribution is 5.93. The van der Waals surface area contributed by atoms with Gasteiger partial charge in [-0.1, -0.05) is 0 Å². The van der Waals surface area contributed by atoms with Gasteiger partial charge >= 0.3 is 0 Å². The van der Waals surface area contributed by atoms with Gasteiger partial charge in [0.1, 0.15) is 6.20 Å². The van der Waals surface area contributed by atoms with E-state index in [4.69, 9.17) is 0 Å². The van der Waals surface area contributed by atoms with Crippen molar-refractivity contribution >= 4 is 5.78 Å². The number of Topliss-reactive ketones (excluding diaryl/α,β-unsaturated/α-hetero) is 1. The van der Waals surface area contributed by atoms with E-state index in [1.807, 2.05) is 0 Å². The first-order chi connectivity index (χ1) is 4.70. The number of pyridine rings is 1. The Morgan fingerprint density at radius 2 is 2.50 bits per heavy atom. The van der Waals surface area contributed by atoms with E-state index < -0.39 is 5.82 Å². The van der Waals surface area contributed by atoms with Gasteiger partial charge in [0.2, 0.25) is 0 Å². The predicted octanol–water partition coefficient (Wildman–Crippen LogP) is 1.22. The maximum absolute atomic E-state index is 12.3. The van der Waals surface area contributed by atoms with Gasteiger partial charge in [-0.15, -0.1) is 0 Å². The van der Waals surface area contributed by atoms with Crippen LogP contribution < -0.4 is 0 Å². The second-order valence-electron chi connectivity index (χ2n) is 1.87. The second kappa shape index (κ2) is 2.56. The highest BCUT2D eigenvalue weighted by Gasteiger charge is 1.99. The van der Waals surface area contributed by atoms with Gasteiger partial charge in [-0.25, -0.2) is 4.39 Å². The molecule has 0 aromatic carbocycles. The van der Waals surface area contributed by atoms with Gasteiger partial charge in [-0.05, 0) is 13.0 Å². The van der Waals surface area contributed by atoms with Crippen LogP contribution in [0, 0.1) is 12.0 Å². The molecule has 1 heterocycles. The van der Waals surface area contributed by atoms with Crippen LogP contribution in [0.5, 0.6) is 0 Å². The molecule has 0 aliphatic rings. The first-order valence-electron chi connectivity index (χ1n) is 2.74. The molecule has 0 spiro atoms. The van der Waals surface area contributed by atoms with Gasteiger partial charge in [0.15, 0.2) is 11.6 Å². The minimum atomic E-state index is -0.604. The van der Waals surface area contributed by atoms with E-state index in [1.165, 1.54) is 13.1 Å². The zero-order chi connectivity index (χ0) is 7.56. The van der Waals surface area contributed by atoms with Gasteiger partial charge in [0.25, 0.3) is 0 Å². The predicted molar refractivity (Wildman–Crippen MR) is 33.0 cm³/mol. The summed E-state index contributed by atoms with van der Waals surface area (Å²) >= 11 is 0. The average Bonchev–Trinajstić information content (AvgIpc) is 1.88. The van der Waals surface area contributed by atoms with Crippen molar-refractivity contribution in [1.29, 1.82) is 0 Å². The minimum Gasteiger partial charge on any atom is -0.294 e. The van der Waals surface area contributed by atoms with Crippen LogP contribution in [0.2, 0.25) is 0 Å². The SMILES string of the molecule is CC(=O)c1cn[c]c(F)c1. The monoisotopic (exact) mass is 138 g/mol. The molecule has 1 aromatic heterocycles. The molecule has 0 bridgehead atoms. The maximum Gasteiger partial charge on any atom is 0.161 e. The number of rotatable bonds is 1. The van der Waals surface area contributed by atoms with Gasteiger partial charge < -0.3 is 0 Å². The molecule has 51 valence electrons. The van der Waals surface area contributed by atoms with E-state index in [1.54, 1.807) is 0 Å². The van der Waals surface area contributed by atoms with Gasteiger partial charge in [0, 0.05) is 11.8 Å². The number of nitrogens with zero attached hydrogens (tertiary/aromatic N) is 1. The molecule has 3 heteroatoms. The number of carbonyl (C=O) groups is 1. The third kappa shape index (κ3) is 1.37. The van der Waals surface area contributed by atoms with Gasteiger partial charge in [-0.2, -0.15) is 0 Å². The first-order valence-corrected chi connectivity index (χ1v) is 2.74. The summed E-state index contributed by atoms with van der Waals surface area (Å²) in [4.78, 5) is 14.0. The normalized spacial score (nSPS) is 9.40. The largest absolute Gasteiger partial charge is 0.294 e. The van der Waals surface area contributed by atoms with E-state index in [0.29, 0.717) is 0 Å². The Kier molecular flexibility index (Phi) is 1.76. The third-order valence-electron chi connectivity index (χ3n) is 1.06. The average molecular weight is 138 g/mol. The Balaban J connectivity index is 3.07. The van der Waals surface area contributed by atoms with Crippen LogP contribution in [-0.4, -0.2) is 10.8 Å². The summed E-state index contributed by atoms with van der Waals surface area (Å²) in [7, 11) is 0. The van der Waals surface area contributed by atoms with Gasteiger partial charge in [0.05, 0.1) is 0 Å². The van der Waals surface area contributed by atoms with Crippen molar-refractivity contribution in [3.63, 3.8) is 0 Å². The number of ketones is 1. The van der Waals surface area contributed by atoms with Crippen molar-refractivity contribution < 1.29 is 9.18 Å². The van der Waals surface area contributed by atoms with Crippen LogP contribution >= 0.6 is 0 Å². The molecule has 1 rings (SSSR count). The Morgan fingerprint density at radius 1 is 1.80 bits per heavy atom. The lowest BCUT2D eigenvalue weighted by Crippen LogP contribution is -1.93. The molecule has 0 aliphatic heterocycles. The van der Waals surface area contributed by atoms with E-state index >= 15 is 0 Å². The van der Waals surface area contributed by atoms with Gasteiger partial charge in [-0.3, -0.25) is 9.78 Å². The molecule has 0 amide bonds. The fourth-order valence-electron chi connectivity index (χ4n) is 0.562. The van der Waals surface area contributed by atoms with Crippen molar-refractivity contribution in [1.82, 2.24) is 4.98 Å². The third-order valence-corrected chi connectivity index (χ3v) is 1.06. The second-order valence-corrected chi connectivity index (χ2v) is 1.87. The highest BCUT2D eigenvalue weighted by Crippen LogP contribution is 1.99. The molecular formula is C7H5FNO. The fourth-order valence-corrected chi connectivity index (χ4v) is 0.562. The molecule has 1 aromatic rings. The van der Waals surface area contributed by atoms with Crippen molar-refractivity contribution in [3.05, 3.63) is 29.8 Å². The zero-order valence-electron chi connectivity index (χ0n) is 5.39. The molecule has 10 heavy (non-hydrogen) atoms. The molecule has 2 nitrogen and oxygen atoms in total. The smallest absolute Gasteiger partial charge is 0.161 e. The lowest BCUT2D eigenvalue weighted by molar-refractivity contribution is 0.101. The van der Waals surface area contributed by atoms with Crippen molar-refractivity contribution in [3.8, 4) is 0 Å². The Bertz CT molecular complexity index is 260. The number of hydrogen-bond acceptors (Lipinski definition) is 2. The summed E-state index contributed by atoms with van der Waals surface area (Å²) in [6.45, 7) is 1.36. The number of aromatic nitrogens is 1. The Hall–Kier alpha value is -1.25. The highest BCUT2D eigenvalue weighted by atomic mass is 19.1. The quantitative estimate of drug-likeness (QED) is 0.546. The lowest BCUT2D eigenvalue weighted by Gasteiger charge is -1.90. The van der Waals surface area contributed by atoms with Crippen LogP contribution in [0.15, 0.2) is 12.3 Å². The molecule has 0 atom stereocenters. The van der Waals surface area contributed by atoms with E-state index in [0.717, 1.165) is 6.07 Å². The summed E-state index contributed by atoms with van der Waals surface area (Å²) in [5, 5.41) is 0. The number of halogens is 1. The molecule has 0 saturated heterocycles. The van der Waals surface area contributed by atoms with E-state index in [2.05, 4.69) is 11.2 Å². The summed E-state index contributed by atoms with van der Waals surface area (Å²) in [6.07, 6.45) is 3.34. The summed E-state index contributed by atoms with van der Waals surface area (Å²) < 4.78 is 12.3.